The molecule has 2 aromatic carbocycles. The highest BCUT2D eigenvalue weighted by Gasteiger charge is 2.35. The van der Waals surface area contributed by atoms with Crippen LogP contribution in [0.2, 0.25) is 0 Å². The first-order chi connectivity index (χ1) is 16.0. The lowest BCUT2D eigenvalue weighted by Crippen LogP contribution is -2.20. The zero-order chi connectivity index (χ0) is 22.9. The van der Waals surface area contributed by atoms with Gasteiger partial charge in [-0.15, -0.1) is 0 Å². The van der Waals surface area contributed by atoms with Crippen molar-refractivity contribution in [3.8, 4) is 0 Å². The Kier molecular flexibility index (Phi) is 6.46. The maximum absolute atomic E-state index is 4.54. The standard InChI is InChI=1S/C33H40/c1-5-25-7-9-26(10-8-25)19-27-11-13-28(14-12-27)29-15-17-32-24(4)33(21-30(32)20-29)31-16-6-22(2)18-23(31)3/h7-10,15,17,20,27-28,31,33H,2-6,11-14,16,18-19,21H2,1H3/t27?,28?,31-,33?/m1/s1. The first kappa shape index (κ1) is 22.5. The molecule has 0 heteroatoms. The summed E-state index contributed by atoms with van der Waals surface area (Å²) >= 11 is 0. The van der Waals surface area contributed by atoms with E-state index in [1.54, 1.807) is 5.56 Å². The highest BCUT2D eigenvalue weighted by molar-refractivity contribution is 5.74. The van der Waals surface area contributed by atoms with Crippen molar-refractivity contribution in [3.63, 3.8) is 0 Å². The van der Waals surface area contributed by atoms with Gasteiger partial charge < -0.3 is 0 Å². The second kappa shape index (κ2) is 9.49. The first-order valence-electron chi connectivity index (χ1n) is 13.3. The summed E-state index contributed by atoms with van der Waals surface area (Å²) in [5.41, 5.74) is 11.6. The van der Waals surface area contributed by atoms with E-state index in [4.69, 9.17) is 0 Å². The topological polar surface area (TPSA) is 0 Å². The number of hydrogen-bond acceptors (Lipinski definition) is 0. The maximum atomic E-state index is 4.54. The van der Waals surface area contributed by atoms with Crippen LogP contribution in [-0.4, -0.2) is 0 Å². The molecule has 0 N–H and O–H groups in total. The summed E-state index contributed by atoms with van der Waals surface area (Å²) in [6.45, 7) is 15.4. The average molecular weight is 437 g/mol. The van der Waals surface area contributed by atoms with E-state index in [0.717, 1.165) is 37.5 Å². The maximum Gasteiger partial charge on any atom is -0.00554 e. The number of benzene rings is 2. The van der Waals surface area contributed by atoms with Crippen LogP contribution in [-0.2, 0) is 19.3 Å². The molecule has 2 atom stereocenters. The Morgan fingerprint density at radius 2 is 1.55 bits per heavy atom. The number of hydrogen-bond donors (Lipinski definition) is 0. The molecule has 0 amide bonds. The third-order valence-electron chi connectivity index (χ3n) is 8.93. The third-order valence-corrected chi connectivity index (χ3v) is 8.93. The van der Waals surface area contributed by atoms with Crippen molar-refractivity contribution in [1.29, 1.82) is 0 Å². The molecule has 0 aliphatic heterocycles. The minimum Gasteiger partial charge on any atom is -0.0995 e. The lowest BCUT2D eigenvalue weighted by Gasteiger charge is -2.31. The van der Waals surface area contributed by atoms with Gasteiger partial charge in [0.1, 0.15) is 0 Å². The van der Waals surface area contributed by atoms with Crippen molar-refractivity contribution in [2.24, 2.45) is 17.8 Å². The van der Waals surface area contributed by atoms with Gasteiger partial charge in [-0.3, -0.25) is 0 Å². The summed E-state index contributed by atoms with van der Waals surface area (Å²) in [5, 5.41) is 0. The van der Waals surface area contributed by atoms with E-state index in [0.29, 0.717) is 11.8 Å². The Bertz CT molecular complexity index is 1040. The van der Waals surface area contributed by atoms with E-state index in [1.807, 2.05) is 0 Å². The fourth-order valence-electron chi connectivity index (χ4n) is 6.83. The molecule has 0 aromatic heterocycles. The summed E-state index contributed by atoms with van der Waals surface area (Å²) in [6, 6.07) is 16.7. The van der Waals surface area contributed by atoms with Gasteiger partial charge in [-0.05, 0) is 121 Å². The smallest absolute Gasteiger partial charge is 0.00554 e. The van der Waals surface area contributed by atoms with Crippen LogP contribution in [0.5, 0.6) is 0 Å². The van der Waals surface area contributed by atoms with Crippen LogP contribution >= 0.6 is 0 Å². The van der Waals surface area contributed by atoms with Crippen molar-refractivity contribution in [2.75, 3.05) is 0 Å². The molecule has 3 aliphatic rings. The molecule has 2 fully saturated rings. The second-order valence-electron chi connectivity index (χ2n) is 11.1. The molecular formula is C33H40. The SMILES string of the molecule is C=C1CC[C@@H](C2Cc3cc(C4CCC(Cc5ccc(CC)cc5)CC4)ccc3C2=C)C(=C)C1. The molecule has 2 aromatic rings. The zero-order valence-electron chi connectivity index (χ0n) is 20.5. The van der Waals surface area contributed by atoms with Gasteiger partial charge in [0.25, 0.3) is 0 Å². The molecular weight excluding hydrogens is 396 g/mol. The summed E-state index contributed by atoms with van der Waals surface area (Å²) < 4.78 is 0. The summed E-state index contributed by atoms with van der Waals surface area (Å²) in [4.78, 5) is 0. The van der Waals surface area contributed by atoms with Crippen molar-refractivity contribution in [1.82, 2.24) is 0 Å². The van der Waals surface area contributed by atoms with Crippen LogP contribution in [0.1, 0.15) is 85.6 Å². The summed E-state index contributed by atoms with van der Waals surface area (Å²) in [5.74, 6) is 2.71. The number of aryl methyl sites for hydroxylation is 1. The Labute approximate surface area is 201 Å². The number of fused-ring (bicyclic) bond motifs is 1. The minimum atomic E-state index is 0.547. The van der Waals surface area contributed by atoms with Crippen molar-refractivity contribution in [3.05, 3.63) is 101 Å². The van der Waals surface area contributed by atoms with Gasteiger partial charge in [0, 0.05) is 0 Å². The number of allylic oxidation sites excluding steroid dienone is 3. The highest BCUT2D eigenvalue weighted by atomic mass is 14.4. The van der Waals surface area contributed by atoms with Gasteiger partial charge in [-0.2, -0.15) is 0 Å². The van der Waals surface area contributed by atoms with Crippen LogP contribution < -0.4 is 0 Å². The molecule has 2 saturated carbocycles. The molecule has 0 spiro atoms. The average Bonchev–Trinajstić information content (AvgIpc) is 3.15. The minimum absolute atomic E-state index is 0.547. The van der Waals surface area contributed by atoms with E-state index in [1.165, 1.54) is 77.5 Å². The molecule has 5 rings (SSSR count). The largest absolute Gasteiger partial charge is 0.0995 e. The van der Waals surface area contributed by atoms with Gasteiger partial charge in [0.2, 0.25) is 0 Å². The van der Waals surface area contributed by atoms with Gasteiger partial charge in [0.15, 0.2) is 0 Å². The Morgan fingerprint density at radius 1 is 0.818 bits per heavy atom. The molecule has 0 radical (unpaired) electrons. The zero-order valence-corrected chi connectivity index (χ0v) is 20.5. The molecule has 0 heterocycles. The van der Waals surface area contributed by atoms with Crippen molar-refractivity contribution < 1.29 is 0 Å². The molecule has 33 heavy (non-hydrogen) atoms. The quantitative estimate of drug-likeness (QED) is 0.411. The second-order valence-corrected chi connectivity index (χ2v) is 11.1. The van der Waals surface area contributed by atoms with E-state index >= 15 is 0 Å². The predicted octanol–water partition coefficient (Wildman–Crippen LogP) is 8.86. The highest BCUT2D eigenvalue weighted by Crippen LogP contribution is 2.48. The van der Waals surface area contributed by atoms with Crippen LogP contribution in [0.3, 0.4) is 0 Å². The Hall–Kier alpha value is -2.34. The Morgan fingerprint density at radius 3 is 2.24 bits per heavy atom. The molecule has 3 aliphatic carbocycles. The van der Waals surface area contributed by atoms with Gasteiger partial charge in [-0.1, -0.05) is 80.3 Å². The van der Waals surface area contributed by atoms with Gasteiger partial charge in [-0.25, -0.2) is 0 Å². The van der Waals surface area contributed by atoms with Crippen LogP contribution in [0.4, 0.5) is 0 Å². The van der Waals surface area contributed by atoms with Crippen LogP contribution in [0, 0.1) is 17.8 Å². The van der Waals surface area contributed by atoms with E-state index in [-0.39, 0.29) is 0 Å². The van der Waals surface area contributed by atoms with Crippen molar-refractivity contribution in [2.45, 2.75) is 77.0 Å². The Balaban J connectivity index is 1.21. The van der Waals surface area contributed by atoms with E-state index in [2.05, 4.69) is 69.1 Å². The van der Waals surface area contributed by atoms with Crippen LogP contribution in [0.15, 0.2) is 73.3 Å². The fourth-order valence-corrected chi connectivity index (χ4v) is 6.83. The molecule has 1 unspecified atom stereocenters. The number of rotatable bonds is 5. The van der Waals surface area contributed by atoms with Gasteiger partial charge in [0.05, 0.1) is 0 Å². The summed E-state index contributed by atoms with van der Waals surface area (Å²) in [7, 11) is 0. The lowest BCUT2D eigenvalue weighted by atomic mass is 9.73. The monoisotopic (exact) mass is 436 g/mol. The van der Waals surface area contributed by atoms with E-state index < -0.39 is 0 Å². The normalized spacial score (nSPS) is 27.6. The van der Waals surface area contributed by atoms with Gasteiger partial charge >= 0.3 is 0 Å². The van der Waals surface area contributed by atoms with Crippen molar-refractivity contribution >= 4 is 5.57 Å². The first-order valence-corrected chi connectivity index (χ1v) is 13.3. The third kappa shape index (κ3) is 4.68. The predicted molar refractivity (Wildman–Crippen MR) is 143 cm³/mol. The molecule has 0 bridgehead atoms. The lowest BCUT2D eigenvalue weighted by molar-refractivity contribution is 0.324. The van der Waals surface area contributed by atoms with E-state index in [9.17, 15) is 0 Å². The molecule has 172 valence electrons. The fraction of sp³-hybridized carbons (Fsp3) is 0.455. The van der Waals surface area contributed by atoms with Crippen LogP contribution in [0.25, 0.3) is 5.57 Å². The molecule has 0 nitrogen and oxygen atoms in total. The molecule has 0 saturated heterocycles. The summed E-state index contributed by atoms with van der Waals surface area (Å²) in [6.07, 6.45) is 12.3.